The lowest BCUT2D eigenvalue weighted by molar-refractivity contribution is -0.368. The van der Waals surface area contributed by atoms with E-state index in [0.29, 0.717) is 38.8 Å². The fraction of sp³-hybridized carbons (Fsp3) is 0.448. The third kappa shape index (κ3) is 8.78. The number of amides is 4. The number of quaternary nitrogens is 1. The summed E-state index contributed by atoms with van der Waals surface area (Å²) in [5.41, 5.74) is 17.2. The van der Waals surface area contributed by atoms with Crippen LogP contribution < -0.4 is 27.8 Å². The summed E-state index contributed by atoms with van der Waals surface area (Å²) in [5, 5.41) is 15.0. The summed E-state index contributed by atoms with van der Waals surface area (Å²) in [6, 6.07) is 12.2. The normalized spacial score (nSPS) is 17.1. The molecule has 10 N–H and O–H groups in total. The van der Waals surface area contributed by atoms with Crippen molar-refractivity contribution in [1.82, 2.24) is 15.5 Å². The van der Waals surface area contributed by atoms with E-state index in [-0.39, 0.29) is 24.5 Å². The van der Waals surface area contributed by atoms with Gasteiger partial charge >= 0.3 is 0 Å². The van der Waals surface area contributed by atoms with E-state index < -0.39 is 41.9 Å². The minimum absolute atomic E-state index is 0.120. The van der Waals surface area contributed by atoms with Crippen LogP contribution in [0.3, 0.4) is 0 Å². The highest BCUT2D eigenvalue weighted by Gasteiger charge is 2.38. The van der Waals surface area contributed by atoms with E-state index in [2.05, 4.69) is 16.4 Å². The fourth-order valence-electron chi connectivity index (χ4n) is 4.90. The topological polar surface area (TPSA) is 195 Å². The molecule has 1 aliphatic heterocycles. The molecule has 0 unspecified atom stereocenters. The number of primary amides is 1. The van der Waals surface area contributed by atoms with Crippen molar-refractivity contribution in [2.24, 2.45) is 11.5 Å². The maximum atomic E-state index is 13.5. The number of nitrogens with one attached hydrogen (secondary N) is 2. The second-order valence-electron chi connectivity index (χ2n) is 10.2. The molecular formula is C29H41N6O5+. The lowest BCUT2D eigenvalue weighted by Gasteiger charge is -2.29. The Morgan fingerprint density at radius 3 is 2.27 bits per heavy atom. The lowest BCUT2D eigenvalue weighted by Crippen LogP contribution is -2.57. The Labute approximate surface area is 234 Å². The summed E-state index contributed by atoms with van der Waals surface area (Å²) in [4.78, 5) is 53.5. The number of nitrogens with zero attached hydrogens (tertiary/aromatic N) is 1. The molecule has 2 aromatic carbocycles. The van der Waals surface area contributed by atoms with Gasteiger partial charge in [-0.2, -0.15) is 0 Å². The van der Waals surface area contributed by atoms with Crippen molar-refractivity contribution in [2.75, 3.05) is 13.1 Å². The van der Waals surface area contributed by atoms with E-state index >= 15 is 0 Å². The molecule has 0 bridgehead atoms. The Bertz CT molecular complexity index is 1140. The van der Waals surface area contributed by atoms with Crippen LogP contribution >= 0.6 is 0 Å². The molecule has 0 radical (unpaired) electrons. The Morgan fingerprint density at radius 2 is 1.62 bits per heavy atom. The molecule has 11 nitrogen and oxygen atoms in total. The highest BCUT2D eigenvalue weighted by atomic mass is 16.3. The van der Waals surface area contributed by atoms with Crippen molar-refractivity contribution < 1.29 is 30.0 Å². The average Bonchev–Trinajstić information content (AvgIpc) is 3.43. The average molecular weight is 554 g/mol. The van der Waals surface area contributed by atoms with Crippen molar-refractivity contribution in [2.45, 2.75) is 69.1 Å². The molecule has 40 heavy (non-hydrogen) atoms. The summed E-state index contributed by atoms with van der Waals surface area (Å²) in [5.74, 6) is -1.84. The molecule has 1 saturated heterocycles. The molecule has 1 heterocycles. The Kier molecular flexibility index (Phi) is 11.5. The van der Waals surface area contributed by atoms with Crippen molar-refractivity contribution in [3.05, 3.63) is 65.7 Å². The number of rotatable bonds is 14. The van der Waals surface area contributed by atoms with E-state index in [0.717, 1.165) is 17.5 Å². The third-order valence-electron chi connectivity index (χ3n) is 7.12. The number of carbonyl (C=O) groups is 4. The molecule has 3 rings (SSSR count). The molecule has 216 valence electrons. The molecule has 1 aliphatic rings. The van der Waals surface area contributed by atoms with Crippen LogP contribution in [0.1, 0.15) is 43.2 Å². The van der Waals surface area contributed by atoms with Crippen molar-refractivity contribution in [1.29, 1.82) is 0 Å². The molecule has 2 aromatic rings. The van der Waals surface area contributed by atoms with E-state index in [4.69, 9.17) is 11.5 Å². The quantitative estimate of drug-likeness (QED) is 0.168. The number of carbonyl (C=O) groups excluding carboxylic acids is 4. The van der Waals surface area contributed by atoms with Gasteiger partial charge in [0.1, 0.15) is 23.9 Å². The van der Waals surface area contributed by atoms with Gasteiger partial charge in [-0.25, -0.2) is 0 Å². The first kappa shape index (κ1) is 30.6. The highest BCUT2D eigenvalue weighted by molar-refractivity contribution is 5.95. The Morgan fingerprint density at radius 1 is 0.950 bits per heavy atom. The number of phenolic OH excluding ortho intramolecular Hbond substituents is 1. The molecule has 11 heteroatoms. The van der Waals surface area contributed by atoms with Gasteiger partial charge in [-0.05, 0) is 61.8 Å². The first-order valence-electron chi connectivity index (χ1n) is 13.8. The highest BCUT2D eigenvalue weighted by Crippen LogP contribution is 2.20. The van der Waals surface area contributed by atoms with E-state index in [1.165, 1.54) is 17.0 Å². The molecule has 0 aliphatic carbocycles. The number of hydrogen-bond acceptors (Lipinski definition) is 6. The largest absolute Gasteiger partial charge is 0.508 e. The van der Waals surface area contributed by atoms with Crippen LogP contribution in [0.4, 0.5) is 0 Å². The first-order valence-corrected chi connectivity index (χ1v) is 13.8. The van der Waals surface area contributed by atoms with Crippen LogP contribution in [-0.2, 0) is 32.0 Å². The van der Waals surface area contributed by atoms with Crippen LogP contribution in [0.2, 0.25) is 0 Å². The van der Waals surface area contributed by atoms with Crippen molar-refractivity contribution in [3.8, 4) is 5.75 Å². The van der Waals surface area contributed by atoms with Crippen LogP contribution in [0.25, 0.3) is 0 Å². The fourth-order valence-corrected chi connectivity index (χ4v) is 4.90. The number of benzene rings is 2. The van der Waals surface area contributed by atoms with Gasteiger partial charge in [-0.15, -0.1) is 0 Å². The van der Waals surface area contributed by atoms with Crippen LogP contribution in [0.15, 0.2) is 54.6 Å². The molecule has 1 fully saturated rings. The molecular weight excluding hydrogens is 512 g/mol. The molecule has 4 amide bonds. The molecule has 0 spiro atoms. The van der Waals surface area contributed by atoms with Gasteiger partial charge in [-0.3, -0.25) is 19.2 Å². The summed E-state index contributed by atoms with van der Waals surface area (Å²) < 4.78 is 0. The van der Waals surface area contributed by atoms with E-state index in [1.807, 2.05) is 30.3 Å². The zero-order valence-electron chi connectivity index (χ0n) is 22.8. The van der Waals surface area contributed by atoms with Gasteiger partial charge in [0.05, 0.1) is 12.6 Å². The van der Waals surface area contributed by atoms with Gasteiger partial charge in [0.25, 0.3) is 0 Å². The molecule has 4 atom stereocenters. The number of phenols is 1. The van der Waals surface area contributed by atoms with E-state index in [1.54, 1.807) is 12.1 Å². The second kappa shape index (κ2) is 15.0. The van der Waals surface area contributed by atoms with Crippen LogP contribution in [0, 0.1) is 0 Å². The maximum Gasteiger partial charge on any atom is 0.243 e. The lowest BCUT2D eigenvalue weighted by atomic mass is 10.0. The van der Waals surface area contributed by atoms with Crippen molar-refractivity contribution in [3.63, 3.8) is 0 Å². The number of nitrogens with two attached hydrogens (primary N) is 2. The van der Waals surface area contributed by atoms with Crippen LogP contribution in [0.5, 0.6) is 5.75 Å². The SMILES string of the molecule is NC(=O)[C@H](CCCC[NH3+])NC(=O)[C@H](Cc1ccccc1)NC(=O)[C@@H]1CCCN1C(=O)[C@@H](N)Cc1ccc(O)cc1. The number of unbranched alkanes of at least 4 members (excludes halogenated alkanes) is 1. The van der Waals surface area contributed by atoms with Gasteiger partial charge in [0, 0.05) is 13.0 Å². The monoisotopic (exact) mass is 553 g/mol. The summed E-state index contributed by atoms with van der Waals surface area (Å²) >= 11 is 0. The van der Waals surface area contributed by atoms with Gasteiger partial charge in [0.2, 0.25) is 23.6 Å². The number of aromatic hydroxyl groups is 1. The second-order valence-corrected chi connectivity index (χ2v) is 10.2. The Balaban J connectivity index is 1.71. The summed E-state index contributed by atoms with van der Waals surface area (Å²) in [6.45, 7) is 1.09. The van der Waals surface area contributed by atoms with Gasteiger partial charge in [-0.1, -0.05) is 42.5 Å². The maximum absolute atomic E-state index is 13.5. The van der Waals surface area contributed by atoms with Crippen LogP contribution in [-0.4, -0.2) is 70.9 Å². The zero-order valence-corrected chi connectivity index (χ0v) is 22.8. The number of likely N-dealkylation sites (tertiary alicyclic amines) is 1. The van der Waals surface area contributed by atoms with Gasteiger partial charge < -0.3 is 37.8 Å². The molecule has 0 aromatic heterocycles. The molecule has 0 saturated carbocycles. The third-order valence-corrected chi connectivity index (χ3v) is 7.12. The smallest absolute Gasteiger partial charge is 0.243 e. The van der Waals surface area contributed by atoms with Gasteiger partial charge in [0.15, 0.2) is 0 Å². The Hall–Kier alpha value is -3.96. The predicted octanol–water partition coefficient (Wildman–Crippen LogP) is -0.637. The predicted molar refractivity (Wildman–Crippen MR) is 149 cm³/mol. The minimum atomic E-state index is -0.979. The standard InChI is InChI=1S/C29H40N6O5/c30-15-5-4-9-23(26(32)37)33-27(38)24(18-19-7-2-1-3-8-19)34-28(39)25-10-6-16-35(25)29(40)22(31)17-20-11-13-21(36)14-12-20/h1-3,7-8,11-14,22-25,36H,4-6,9-10,15-18,30-31H2,(H2,32,37)(H,33,38)(H,34,39)/p+1/t22-,23-,24-,25-/m0/s1. The minimum Gasteiger partial charge on any atom is -0.508 e. The first-order chi connectivity index (χ1) is 19.2. The summed E-state index contributed by atoms with van der Waals surface area (Å²) in [6.07, 6.45) is 3.38. The van der Waals surface area contributed by atoms with E-state index in [9.17, 15) is 24.3 Å². The number of hydrogen-bond donors (Lipinski definition) is 6. The summed E-state index contributed by atoms with van der Waals surface area (Å²) in [7, 11) is 0. The zero-order chi connectivity index (χ0) is 29.1. The van der Waals surface area contributed by atoms with Crippen molar-refractivity contribution >= 4 is 23.6 Å².